The fraction of sp³-hybridized carbons (Fsp3) is 0.647. The summed E-state index contributed by atoms with van der Waals surface area (Å²) in [7, 11) is -3.61. The van der Waals surface area contributed by atoms with Crippen molar-refractivity contribution in [2.75, 3.05) is 19.8 Å². The normalized spacial score (nSPS) is 17.2. The lowest BCUT2D eigenvalue weighted by molar-refractivity contribution is -0.120. The number of benzene rings is 1. The molecule has 0 amide bonds. The minimum atomic E-state index is -3.61. The van der Waals surface area contributed by atoms with Crippen LogP contribution in [0.5, 0.6) is 0 Å². The highest BCUT2D eigenvalue weighted by atomic mass is 32.2. The first-order valence-corrected chi connectivity index (χ1v) is 9.42. The maximum absolute atomic E-state index is 12.0. The van der Waals surface area contributed by atoms with Gasteiger partial charge >= 0.3 is 0 Å². The summed E-state index contributed by atoms with van der Waals surface area (Å²) in [6, 6.07) is 6.74. The molecule has 0 bridgehead atoms. The molecule has 1 aromatic carbocycles. The molecule has 5 heteroatoms. The van der Waals surface area contributed by atoms with E-state index in [0.717, 1.165) is 50.9 Å². The Kier molecular flexibility index (Phi) is 6.01. The second-order valence-corrected chi connectivity index (χ2v) is 7.86. The summed E-state index contributed by atoms with van der Waals surface area (Å²) >= 11 is 0. The zero-order valence-corrected chi connectivity index (χ0v) is 14.3. The van der Waals surface area contributed by atoms with Crippen molar-refractivity contribution in [3.8, 4) is 0 Å². The van der Waals surface area contributed by atoms with E-state index >= 15 is 0 Å². The first-order valence-electron chi connectivity index (χ1n) is 8.01. The molecule has 124 valence electrons. The van der Waals surface area contributed by atoms with E-state index in [2.05, 4.69) is 6.92 Å². The molecule has 0 spiro atoms. The summed E-state index contributed by atoms with van der Waals surface area (Å²) in [5.41, 5.74) is 1.42. The Bertz CT molecular complexity index is 553. The molecule has 0 N–H and O–H groups in total. The maximum atomic E-state index is 12.0. The lowest BCUT2D eigenvalue weighted by atomic mass is 9.78. The third-order valence-corrected chi connectivity index (χ3v) is 5.79. The molecule has 2 rings (SSSR count). The molecule has 1 aromatic rings. The molecule has 1 aliphatic heterocycles. The van der Waals surface area contributed by atoms with Crippen molar-refractivity contribution in [1.29, 1.82) is 0 Å². The standard InChI is InChI=1S/C17H26O4S/c1-3-17(13-20-14-17)11-5-4-6-12-21-22(18,19)16-9-7-15(2)8-10-16/h7-10H,3-6,11-14H2,1-2H3. The lowest BCUT2D eigenvalue weighted by Gasteiger charge is -2.41. The van der Waals surface area contributed by atoms with E-state index in [4.69, 9.17) is 8.92 Å². The Labute approximate surface area is 134 Å². The third kappa shape index (κ3) is 4.54. The lowest BCUT2D eigenvalue weighted by Crippen LogP contribution is -2.41. The molecule has 1 aliphatic rings. The van der Waals surface area contributed by atoms with Crippen LogP contribution < -0.4 is 0 Å². The fourth-order valence-electron chi connectivity index (χ4n) is 2.64. The van der Waals surface area contributed by atoms with Gasteiger partial charge in [-0.1, -0.05) is 37.5 Å². The Morgan fingerprint density at radius 1 is 1.14 bits per heavy atom. The molecule has 4 nitrogen and oxygen atoms in total. The van der Waals surface area contributed by atoms with E-state index in [1.54, 1.807) is 24.3 Å². The average molecular weight is 326 g/mol. The maximum Gasteiger partial charge on any atom is 0.296 e. The number of ether oxygens (including phenoxy) is 1. The number of rotatable bonds is 9. The SMILES string of the molecule is CCC1(CCCCCOS(=O)(=O)c2ccc(C)cc2)COC1. The summed E-state index contributed by atoms with van der Waals surface area (Å²) < 4.78 is 34.4. The predicted octanol–water partition coefficient (Wildman–Crippen LogP) is 3.69. The Hall–Kier alpha value is -0.910. The topological polar surface area (TPSA) is 52.6 Å². The van der Waals surface area contributed by atoms with Gasteiger partial charge in [0.05, 0.1) is 24.7 Å². The van der Waals surface area contributed by atoms with Crippen molar-refractivity contribution in [1.82, 2.24) is 0 Å². The van der Waals surface area contributed by atoms with E-state index in [0.29, 0.717) is 5.41 Å². The van der Waals surface area contributed by atoms with Crippen LogP contribution in [0.1, 0.15) is 44.6 Å². The molecular weight excluding hydrogens is 300 g/mol. The van der Waals surface area contributed by atoms with Crippen molar-refractivity contribution in [2.24, 2.45) is 5.41 Å². The van der Waals surface area contributed by atoms with Gasteiger partial charge < -0.3 is 4.74 Å². The molecule has 0 radical (unpaired) electrons. The smallest absolute Gasteiger partial charge is 0.296 e. The van der Waals surface area contributed by atoms with Gasteiger partial charge in [0.1, 0.15) is 0 Å². The molecule has 0 aliphatic carbocycles. The van der Waals surface area contributed by atoms with Crippen molar-refractivity contribution in [3.05, 3.63) is 29.8 Å². The minimum absolute atomic E-state index is 0.231. The van der Waals surface area contributed by atoms with E-state index < -0.39 is 10.1 Å². The summed E-state index contributed by atoms with van der Waals surface area (Å²) in [6.07, 6.45) is 5.18. The van der Waals surface area contributed by atoms with E-state index in [9.17, 15) is 8.42 Å². The second-order valence-electron chi connectivity index (χ2n) is 6.25. The first kappa shape index (κ1) is 17.4. The fourth-order valence-corrected chi connectivity index (χ4v) is 3.58. The highest BCUT2D eigenvalue weighted by Gasteiger charge is 2.35. The largest absolute Gasteiger partial charge is 0.380 e. The average Bonchev–Trinajstić information content (AvgIpc) is 2.45. The summed E-state index contributed by atoms with van der Waals surface area (Å²) in [5, 5.41) is 0. The third-order valence-electron chi connectivity index (χ3n) is 4.47. The summed E-state index contributed by atoms with van der Waals surface area (Å²) in [4.78, 5) is 0.231. The Balaban J connectivity index is 1.66. The number of hydrogen-bond acceptors (Lipinski definition) is 4. The van der Waals surface area contributed by atoms with Crippen LogP contribution in [-0.2, 0) is 19.0 Å². The minimum Gasteiger partial charge on any atom is -0.380 e. The van der Waals surface area contributed by atoms with Crippen LogP contribution in [0.25, 0.3) is 0 Å². The Morgan fingerprint density at radius 2 is 1.82 bits per heavy atom. The van der Waals surface area contributed by atoms with Gasteiger partial charge in [0, 0.05) is 5.41 Å². The molecule has 1 fully saturated rings. The molecule has 0 saturated carbocycles. The highest BCUT2D eigenvalue weighted by molar-refractivity contribution is 7.86. The number of unbranched alkanes of at least 4 members (excludes halogenated alkanes) is 2. The van der Waals surface area contributed by atoms with Gasteiger partial charge in [0.15, 0.2) is 0 Å². The molecule has 22 heavy (non-hydrogen) atoms. The molecular formula is C17H26O4S. The van der Waals surface area contributed by atoms with E-state index in [1.165, 1.54) is 0 Å². The van der Waals surface area contributed by atoms with Crippen LogP contribution in [-0.4, -0.2) is 28.2 Å². The van der Waals surface area contributed by atoms with Gasteiger partial charge in [-0.15, -0.1) is 0 Å². The van der Waals surface area contributed by atoms with Gasteiger partial charge in [-0.3, -0.25) is 4.18 Å². The molecule has 0 atom stereocenters. The summed E-state index contributed by atoms with van der Waals surface area (Å²) in [6.45, 7) is 6.14. The van der Waals surface area contributed by atoms with Crippen molar-refractivity contribution in [2.45, 2.75) is 50.8 Å². The Morgan fingerprint density at radius 3 is 2.36 bits per heavy atom. The van der Waals surface area contributed by atoms with Crippen molar-refractivity contribution >= 4 is 10.1 Å². The zero-order valence-electron chi connectivity index (χ0n) is 13.5. The van der Waals surface area contributed by atoms with Crippen LogP contribution >= 0.6 is 0 Å². The van der Waals surface area contributed by atoms with Crippen molar-refractivity contribution in [3.63, 3.8) is 0 Å². The molecule has 0 unspecified atom stereocenters. The van der Waals surface area contributed by atoms with Gasteiger partial charge in [0.25, 0.3) is 10.1 Å². The predicted molar refractivity (Wildman–Crippen MR) is 86.3 cm³/mol. The van der Waals surface area contributed by atoms with Crippen LogP contribution in [0, 0.1) is 12.3 Å². The van der Waals surface area contributed by atoms with Crippen LogP contribution in [0.2, 0.25) is 0 Å². The molecule has 1 heterocycles. The molecule has 0 aromatic heterocycles. The van der Waals surface area contributed by atoms with Gasteiger partial charge in [-0.2, -0.15) is 8.42 Å². The first-order chi connectivity index (χ1) is 10.5. The van der Waals surface area contributed by atoms with Crippen molar-refractivity contribution < 1.29 is 17.3 Å². The monoisotopic (exact) mass is 326 g/mol. The second kappa shape index (κ2) is 7.57. The van der Waals surface area contributed by atoms with Crippen LogP contribution in [0.15, 0.2) is 29.2 Å². The van der Waals surface area contributed by atoms with E-state index in [-0.39, 0.29) is 11.5 Å². The van der Waals surface area contributed by atoms with E-state index in [1.807, 2.05) is 6.92 Å². The van der Waals surface area contributed by atoms with Crippen LogP contribution in [0.3, 0.4) is 0 Å². The van der Waals surface area contributed by atoms with Gasteiger partial charge in [-0.25, -0.2) is 0 Å². The number of aryl methyl sites for hydroxylation is 1. The van der Waals surface area contributed by atoms with Gasteiger partial charge in [-0.05, 0) is 38.3 Å². The number of hydrogen-bond donors (Lipinski definition) is 0. The van der Waals surface area contributed by atoms with Gasteiger partial charge in [0.2, 0.25) is 0 Å². The molecule has 1 saturated heterocycles. The van der Waals surface area contributed by atoms with Crippen LogP contribution in [0.4, 0.5) is 0 Å². The highest BCUT2D eigenvalue weighted by Crippen LogP contribution is 2.36. The summed E-state index contributed by atoms with van der Waals surface area (Å²) in [5.74, 6) is 0. The quantitative estimate of drug-likeness (QED) is 0.513. The zero-order chi connectivity index (χ0) is 16.1.